The minimum Gasteiger partial charge on any atom is -0.328 e. The van der Waals surface area contributed by atoms with E-state index in [1.165, 1.54) is 25.7 Å². The summed E-state index contributed by atoms with van der Waals surface area (Å²) >= 11 is 0. The summed E-state index contributed by atoms with van der Waals surface area (Å²) in [5.41, 5.74) is 2.23. The van der Waals surface area contributed by atoms with Crippen molar-refractivity contribution in [2.45, 2.75) is 128 Å². The molecule has 3 rings (SSSR count). The molecule has 2 N–H and O–H groups in total. The highest BCUT2D eigenvalue weighted by molar-refractivity contribution is 7.90. The van der Waals surface area contributed by atoms with Gasteiger partial charge in [-0.1, -0.05) is 117 Å². The molecule has 1 saturated carbocycles. The lowest BCUT2D eigenvalue weighted by molar-refractivity contribution is -0.122. The molecule has 0 spiro atoms. The summed E-state index contributed by atoms with van der Waals surface area (Å²) in [6, 6.07) is 13.1. The van der Waals surface area contributed by atoms with Gasteiger partial charge in [0, 0.05) is 12.1 Å². The fourth-order valence-electron chi connectivity index (χ4n) is 5.96. The van der Waals surface area contributed by atoms with Gasteiger partial charge in [-0.15, -0.1) is 0 Å². The molecule has 1 aliphatic carbocycles. The van der Waals surface area contributed by atoms with Crippen molar-refractivity contribution in [1.29, 1.82) is 0 Å². The number of anilines is 1. The van der Waals surface area contributed by atoms with Crippen molar-refractivity contribution >= 4 is 27.3 Å². The molecule has 1 unspecified atom stereocenters. The lowest BCUT2D eigenvalue weighted by atomic mass is 9.82. The van der Waals surface area contributed by atoms with Crippen molar-refractivity contribution in [3.05, 3.63) is 59.7 Å². The third-order valence-corrected chi connectivity index (χ3v) is 10.4. The van der Waals surface area contributed by atoms with Crippen LogP contribution in [0.5, 0.6) is 0 Å². The van der Waals surface area contributed by atoms with Gasteiger partial charge in [0.1, 0.15) is 0 Å². The van der Waals surface area contributed by atoms with Crippen LogP contribution in [0.2, 0.25) is 0 Å². The first-order chi connectivity index (χ1) is 20.2. The number of Topliss-reactive ketones (excluding diaryl/α,β-unsaturated/α-hetero) is 1. The molecule has 238 valence electrons. The zero-order valence-electron chi connectivity index (χ0n) is 27.2. The van der Waals surface area contributed by atoms with Gasteiger partial charge in [0.25, 0.3) is 0 Å². The second kappa shape index (κ2) is 15.9. The number of sulfone groups is 1. The van der Waals surface area contributed by atoms with Gasteiger partial charge >= 0.3 is 6.03 Å². The van der Waals surface area contributed by atoms with Crippen molar-refractivity contribution in [3.63, 3.8) is 0 Å². The average molecular weight is 611 g/mol. The molecule has 0 radical (unpaired) electrons. The molecule has 0 aromatic heterocycles. The maximum Gasteiger partial charge on any atom is 0.319 e. The minimum atomic E-state index is -3.51. The molecule has 6 nitrogen and oxygen atoms in total. The van der Waals surface area contributed by atoms with Crippen LogP contribution in [0.15, 0.2) is 53.4 Å². The van der Waals surface area contributed by atoms with Crippen LogP contribution in [0.4, 0.5) is 10.5 Å². The number of amides is 2. The molecule has 0 bridgehead atoms. The number of ketones is 1. The van der Waals surface area contributed by atoms with Crippen molar-refractivity contribution in [1.82, 2.24) is 5.32 Å². The number of nitrogens with one attached hydrogen (secondary N) is 2. The Labute approximate surface area is 260 Å². The summed E-state index contributed by atoms with van der Waals surface area (Å²) < 4.78 is 26.1. The summed E-state index contributed by atoms with van der Waals surface area (Å²) in [6.07, 6.45) is 10.3. The van der Waals surface area contributed by atoms with Crippen LogP contribution in [0, 0.1) is 17.8 Å². The molecule has 0 aliphatic heterocycles. The second-order valence-electron chi connectivity index (χ2n) is 14.2. The van der Waals surface area contributed by atoms with Crippen LogP contribution in [0.3, 0.4) is 0 Å². The standard InChI is InChI=1S/C36H54N2O4S/c1-26(2)11-10-12-27(3)23-34(39)33(24-28-13-8-7-9-14-28)38-35(40)37-31-19-15-29(16-20-31)25-43(41,42)32-21-17-30(18-22-32)36(4,5)6/h15-22,26-28,33H,7-14,23-25H2,1-6H3,(H2,37,38,40)/t27?,33-/m1/s1. The summed E-state index contributed by atoms with van der Waals surface area (Å²) in [5, 5.41) is 5.84. The van der Waals surface area contributed by atoms with Crippen LogP contribution in [0.1, 0.15) is 117 Å². The number of carbonyl (C=O) groups is 2. The minimum absolute atomic E-state index is 0.0494. The van der Waals surface area contributed by atoms with E-state index < -0.39 is 21.9 Å². The van der Waals surface area contributed by atoms with E-state index in [1.54, 1.807) is 36.4 Å². The Hall–Kier alpha value is -2.67. The Morgan fingerprint density at radius 2 is 1.51 bits per heavy atom. The Balaban J connectivity index is 1.59. The van der Waals surface area contributed by atoms with Gasteiger partial charge in [0.05, 0.1) is 16.7 Å². The van der Waals surface area contributed by atoms with E-state index in [1.807, 2.05) is 12.1 Å². The molecule has 43 heavy (non-hydrogen) atoms. The van der Waals surface area contributed by atoms with Crippen molar-refractivity contribution in [2.75, 3.05) is 5.32 Å². The maximum atomic E-state index is 13.4. The molecule has 7 heteroatoms. The molecular weight excluding hydrogens is 556 g/mol. The first-order valence-corrected chi connectivity index (χ1v) is 17.9. The van der Waals surface area contributed by atoms with Crippen LogP contribution >= 0.6 is 0 Å². The third-order valence-electron chi connectivity index (χ3n) is 8.66. The van der Waals surface area contributed by atoms with Crippen LogP contribution in [-0.2, 0) is 25.8 Å². The number of benzene rings is 2. The number of hydrogen-bond donors (Lipinski definition) is 2. The maximum absolute atomic E-state index is 13.4. The van der Waals surface area contributed by atoms with Gasteiger partial charge in [-0.25, -0.2) is 13.2 Å². The van der Waals surface area contributed by atoms with E-state index >= 15 is 0 Å². The first-order valence-electron chi connectivity index (χ1n) is 16.3. The van der Waals surface area contributed by atoms with Gasteiger partial charge in [-0.3, -0.25) is 4.79 Å². The second-order valence-corrected chi connectivity index (χ2v) is 16.2. The molecule has 2 aromatic carbocycles. The SMILES string of the molecule is CC(C)CCCC(C)CC(=O)[C@@H](CC1CCCCC1)NC(=O)Nc1ccc(CS(=O)(=O)c2ccc(C(C)(C)C)cc2)cc1. The molecule has 0 saturated heterocycles. The predicted molar refractivity (Wildman–Crippen MR) is 177 cm³/mol. The number of urea groups is 1. The predicted octanol–water partition coefficient (Wildman–Crippen LogP) is 8.84. The van der Waals surface area contributed by atoms with Crippen molar-refractivity contribution in [2.24, 2.45) is 17.8 Å². The zero-order chi connectivity index (χ0) is 31.6. The van der Waals surface area contributed by atoms with Gasteiger partial charge in [0.15, 0.2) is 15.6 Å². The highest BCUT2D eigenvalue weighted by Crippen LogP contribution is 2.29. The highest BCUT2D eigenvalue weighted by atomic mass is 32.2. The molecule has 0 heterocycles. The quantitative estimate of drug-likeness (QED) is 0.223. The van der Waals surface area contributed by atoms with Gasteiger partial charge in [-0.05, 0) is 65.0 Å². The smallest absolute Gasteiger partial charge is 0.319 e. The Morgan fingerprint density at radius 1 is 0.884 bits per heavy atom. The highest BCUT2D eigenvalue weighted by Gasteiger charge is 2.27. The number of hydrogen-bond acceptors (Lipinski definition) is 4. The fraction of sp³-hybridized carbons (Fsp3) is 0.611. The van der Waals surface area contributed by atoms with Crippen molar-refractivity contribution < 1.29 is 18.0 Å². The van der Waals surface area contributed by atoms with E-state index in [0.717, 1.165) is 31.2 Å². The third kappa shape index (κ3) is 11.7. The van der Waals surface area contributed by atoms with E-state index in [2.05, 4.69) is 52.2 Å². The van der Waals surface area contributed by atoms with E-state index in [0.29, 0.717) is 46.7 Å². The summed E-state index contributed by atoms with van der Waals surface area (Å²) in [6.45, 7) is 12.9. The molecule has 2 aromatic rings. The largest absolute Gasteiger partial charge is 0.328 e. The summed E-state index contributed by atoms with van der Waals surface area (Å²) in [5.74, 6) is 1.42. The van der Waals surface area contributed by atoms with Gasteiger partial charge < -0.3 is 10.6 Å². The molecule has 2 atom stereocenters. The van der Waals surface area contributed by atoms with Crippen LogP contribution in [-0.4, -0.2) is 26.3 Å². The van der Waals surface area contributed by atoms with E-state index in [4.69, 9.17) is 0 Å². The van der Waals surface area contributed by atoms with Gasteiger partial charge in [-0.2, -0.15) is 0 Å². The zero-order valence-corrected chi connectivity index (χ0v) is 28.1. The van der Waals surface area contributed by atoms with E-state index in [-0.39, 0.29) is 17.0 Å². The van der Waals surface area contributed by atoms with Crippen LogP contribution < -0.4 is 10.6 Å². The van der Waals surface area contributed by atoms with Crippen LogP contribution in [0.25, 0.3) is 0 Å². The normalized spacial score (nSPS) is 16.1. The average Bonchev–Trinajstić information content (AvgIpc) is 2.93. The van der Waals surface area contributed by atoms with Gasteiger partial charge in [0.2, 0.25) is 0 Å². The Morgan fingerprint density at radius 3 is 2.09 bits per heavy atom. The summed E-state index contributed by atoms with van der Waals surface area (Å²) in [4.78, 5) is 26.7. The molecular formula is C36H54N2O4S. The lowest BCUT2D eigenvalue weighted by Gasteiger charge is -2.27. The first kappa shape index (κ1) is 34.8. The Kier molecular flexibility index (Phi) is 12.9. The lowest BCUT2D eigenvalue weighted by Crippen LogP contribution is -2.44. The number of carbonyl (C=O) groups excluding carboxylic acids is 2. The monoisotopic (exact) mass is 610 g/mol. The Bertz CT molecular complexity index is 1270. The molecule has 2 amide bonds. The molecule has 1 aliphatic rings. The molecule has 1 fully saturated rings. The van der Waals surface area contributed by atoms with Crippen molar-refractivity contribution in [3.8, 4) is 0 Å². The number of rotatable bonds is 14. The summed E-state index contributed by atoms with van der Waals surface area (Å²) in [7, 11) is -3.51. The fourth-order valence-corrected chi connectivity index (χ4v) is 7.31. The van der Waals surface area contributed by atoms with E-state index in [9.17, 15) is 18.0 Å². The topological polar surface area (TPSA) is 92.3 Å².